The standard InChI is InChI=1S/C8H12FN3/c9-7-6-10-4-2-8(7)12-5-1-3-11-12/h1,3,5,7-8,10H,2,4,6H2. The molecule has 3 nitrogen and oxygen atoms in total. The van der Waals surface area contributed by atoms with E-state index in [0.717, 1.165) is 13.0 Å². The van der Waals surface area contributed by atoms with Crippen LogP contribution >= 0.6 is 0 Å². The van der Waals surface area contributed by atoms with E-state index in [0.29, 0.717) is 6.54 Å². The highest BCUT2D eigenvalue weighted by Gasteiger charge is 2.25. The lowest BCUT2D eigenvalue weighted by atomic mass is 10.1. The number of alkyl halides is 1. The number of nitrogens with zero attached hydrogens (tertiary/aromatic N) is 2. The maximum Gasteiger partial charge on any atom is 0.135 e. The summed E-state index contributed by atoms with van der Waals surface area (Å²) in [5.41, 5.74) is 0. The number of hydrogen-bond donors (Lipinski definition) is 1. The fourth-order valence-corrected chi connectivity index (χ4v) is 1.58. The topological polar surface area (TPSA) is 29.9 Å². The number of nitrogens with one attached hydrogen (secondary N) is 1. The summed E-state index contributed by atoms with van der Waals surface area (Å²) in [7, 11) is 0. The van der Waals surface area contributed by atoms with Crippen LogP contribution in [0.15, 0.2) is 18.5 Å². The summed E-state index contributed by atoms with van der Waals surface area (Å²) in [5, 5.41) is 7.05. The molecule has 4 heteroatoms. The normalized spacial score (nSPS) is 30.4. The van der Waals surface area contributed by atoms with Gasteiger partial charge >= 0.3 is 0 Å². The Balaban J connectivity index is 2.11. The quantitative estimate of drug-likeness (QED) is 0.672. The van der Waals surface area contributed by atoms with E-state index in [-0.39, 0.29) is 6.04 Å². The SMILES string of the molecule is FC1CNCCC1n1cccn1. The monoisotopic (exact) mass is 169 g/mol. The summed E-state index contributed by atoms with van der Waals surface area (Å²) < 4.78 is 15.0. The van der Waals surface area contributed by atoms with Crippen LogP contribution in [-0.4, -0.2) is 29.0 Å². The largest absolute Gasteiger partial charge is 0.314 e. The molecule has 1 N–H and O–H groups in total. The van der Waals surface area contributed by atoms with E-state index in [1.807, 2.05) is 12.3 Å². The van der Waals surface area contributed by atoms with Crippen molar-refractivity contribution in [3.8, 4) is 0 Å². The second-order valence-electron chi connectivity index (χ2n) is 3.06. The molecule has 2 rings (SSSR count). The minimum absolute atomic E-state index is 0.0683. The van der Waals surface area contributed by atoms with Crippen LogP contribution in [0.4, 0.5) is 4.39 Å². The number of piperidine rings is 1. The molecule has 0 aliphatic carbocycles. The zero-order valence-electron chi connectivity index (χ0n) is 6.78. The third kappa shape index (κ3) is 1.34. The van der Waals surface area contributed by atoms with Crippen molar-refractivity contribution in [2.24, 2.45) is 0 Å². The zero-order valence-corrected chi connectivity index (χ0v) is 6.78. The number of aromatic nitrogens is 2. The average Bonchev–Trinajstić information content (AvgIpc) is 2.57. The molecule has 1 aromatic heterocycles. The van der Waals surface area contributed by atoms with Gasteiger partial charge in [-0.2, -0.15) is 5.10 Å². The smallest absolute Gasteiger partial charge is 0.135 e. The average molecular weight is 169 g/mol. The van der Waals surface area contributed by atoms with Crippen LogP contribution in [0.1, 0.15) is 12.5 Å². The highest BCUT2D eigenvalue weighted by Crippen LogP contribution is 2.20. The Morgan fingerprint density at radius 3 is 3.17 bits per heavy atom. The lowest BCUT2D eigenvalue weighted by Crippen LogP contribution is -2.39. The van der Waals surface area contributed by atoms with Crippen LogP contribution in [0.2, 0.25) is 0 Å². The Morgan fingerprint density at radius 2 is 2.50 bits per heavy atom. The van der Waals surface area contributed by atoms with Crippen molar-refractivity contribution in [3.05, 3.63) is 18.5 Å². The van der Waals surface area contributed by atoms with Crippen LogP contribution < -0.4 is 5.32 Å². The summed E-state index contributed by atoms with van der Waals surface area (Å²) in [6.45, 7) is 1.33. The van der Waals surface area contributed by atoms with E-state index < -0.39 is 6.17 Å². The molecule has 1 aromatic rings. The van der Waals surface area contributed by atoms with Crippen LogP contribution in [0, 0.1) is 0 Å². The summed E-state index contributed by atoms with van der Waals surface area (Å²) >= 11 is 0. The van der Waals surface area contributed by atoms with Gasteiger partial charge in [0.15, 0.2) is 0 Å². The first-order valence-electron chi connectivity index (χ1n) is 4.22. The highest BCUT2D eigenvalue weighted by atomic mass is 19.1. The van der Waals surface area contributed by atoms with E-state index >= 15 is 0 Å². The van der Waals surface area contributed by atoms with Crippen molar-refractivity contribution >= 4 is 0 Å². The molecule has 0 amide bonds. The third-order valence-electron chi connectivity index (χ3n) is 2.24. The van der Waals surface area contributed by atoms with Crippen molar-refractivity contribution in [2.75, 3.05) is 13.1 Å². The number of rotatable bonds is 1. The van der Waals surface area contributed by atoms with Gasteiger partial charge in [-0.15, -0.1) is 0 Å². The molecule has 2 heterocycles. The van der Waals surface area contributed by atoms with Crippen LogP contribution in [-0.2, 0) is 0 Å². The van der Waals surface area contributed by atoms with E-state index in [1.165, 1.54) is 0 Å². The van der Waals surface area contributed by atoms with Crippen molar-refractivity contribution < 1.29 is 4.39 Å². The summed E-state index contributed by atoms with van der Waals surface area (Å²) in [4.78, 5) is 0. The molecule has 1 aliphatic heterocycles. The molecule has 1 aliphatic rings. The first-order chi connectivity index (χ1) is 5.88. The summed E-state index contributed by atoms with van der Waals surface area (Å²) in [6, 6.07) is 1.76. The molecule has 1 saturated heterocycles. The Bertz CT molecular complexity index is 234. The zero-order chi connectivity index (χ0) is 8.39. The van der Waals surface area contributed by atoms with Gasteiger partial charge in [-0.3, -0.25) is 4.68 Å². The van der Waals surface area contributed by atoms with Crippen LogP contribution in [0.3, 0.4) is 0 Å². The van der Waals surface area contributed by atoms with Gasteiger partial charge in [0.1, 0.15) is 6.17 Å². The second-order valence-corrected chi connectivity index (χ2v) is 3.06. The van der Waals surface area contributed by atoms with Gasteiger partial charge in [-0.05, 0) is 19.0 Å². The molecule has 0 saturated carbocycles. The minimum Gasteiger partial charge on any atom is -0.314 e. The predicted molar refractivity (Wildman–Crippen MR) is 43.6 cm³/mol. The van der Waals surface area contributed by atoms with Crippen molar-refractivity contribution in [2.45, 2.75) is 18.6 Å². The molecular weight excluding hydrogens is 157 g/mol. The molecule has 66 valence electrons. The van der Waals surface area contributed by atoms with E-state index in [1.54, 1.807) is 10.9 Å². The van der Waals surface area contributed by atoms with Crippen LogP contribution in [0.25, 0.3) is 0 Å². The summed E-state index contributed by atoms with van der Waals surface area (Å²) in [5.74, 6) is 0. The fraction of sp³-hybridized carbons (Fsp3) is 0.625. The molecule has 2 unspecified atom stereocenters. The molecule has 1 fully saturated rings. The Labute approximate surface area is 70.6 Å². The first-order valence-corrected chi connectivity index (χ1v) is 4.22. The molecule has 0 bridgehead atoms. The third-order valence-corrected chi connectivity index (χ3v) is 2.24. The molecule has 0 radical (unpaired) electrons. The van der Waals surface area contributed by atoms with Gasteiger partial charge in [0.25, 0.3) is 0 Å². The Kier molecular flexibility index (Phi) is 2.08. The molecule has 0 aromatic carbocycles. The van der Waals surface area contributed by atoms with Gasteiger partial charge in [-0.1, -0.05) is 0 Å². The molecular formula is C8H12FN3. The molecule has 2 atom stereocenters. The lowest BCUT2D eigenvalue weighted by molar-refractivity contribution is 0.173. The van der Waals surface area contributed by atoms with Crippen LogP contribution in [0.5, 0.6) is 0 Å². The maximum atomic E-state index is 13.3. The van der Waals surface area contributed by atoms with E-state index in [4.69, 9.17) is 0 Å². The maximum absolute atomic E-state index is 13.3. The minimum atomic E-state index is -0.807. The highest BCUT2D eigenvalue weighted by molar-refractivity contribution is 4.87. The molecule has 0 spiro atoms. The van der Waals surface area contributed by atoms with Gasteiger partial charge in [0.05, 0.1) is 6.04 Å². The van der Waals surface area contributed by atoms with Gasteiger partial charge in [0.2, 0.25) is 0 Å². The summed E-state index contributed by atoms with van der Waals surface area (Å²) in [6.07, 6.45) is 3.53. The Morgan fingerprint density at radius 1 is 1.58 bits per heavy atom. The van der Waals surface area contributed by atoms with Crippen molar-refractivity contribution in [1.29, 1.82) is 0 Å². The Hall–Kier alpha value is -0.900. The predicted octanol–water partition coefficient (Wildman–Crippen LogP) is 0.756. The van der Waals surface area contributed by atoms with Gasteiger partial charge in [-0.25, -0.2) is 4.39 Å². The second kappa shape index (κ2) is 3.23. The molecule has 12 heavy (non-hydrogen) atoms. The van der Waals surface area contributed by atoms with E-state index in [2.05, 4.69) is 10.4 Å². The fourth-order valence-electron chi connectivity index (χ4n) is 1.58. The van der Waals surface area contributed by atoms with Gasteiger partial charge < -0.3 is 5.32 Å². The lowest BCUT2D eigenvalue weighted by Gasteiger charge is -2.26. The van der Waals surface area contributed by atoms with Gasteiger partial charge in [0, 0.05) is 18.9 Å². The van der Waals surface area contributed by atoms with Crippen molar-refractivity contribution in [3.63, 3.8) is 0 Å². The first kappa shape index (κ1) is 7.73. The number of halogens is 1. The van der Waals surface area contributed by atoms with E-state index in [9.17, 15) is 4.39 Å². The number of hydrogen-bond acceptors (Lipinski definition) is 2. The van der Waals surface area contributed by atoms with Crippen molar-refractivity contribution in [1.82, 2.24) is 15.1 Å².